The molecule has 1 saturated carbocycles. The van der Waals surface area contributed by atoms with Crippen LogP contribution in [0.5, 0.6) is 0 Å². The van der Waals surface area contributed by atoms with Gasteiger partial charge in [-0.05, 0) is 93.0 Å². The molecule has 0 spiro atoms. The Morgan fingerprint density at radius 1 is 0.909 bits per heavy atom. The van der Waals surface area contributed by atoms with Gasteiger partial charge in [0, 0.05) is 18.8 Å². The smallest absolute Gasteiger partial charge is 0.305 e. The van der Waals surface area contributed by atoms with Gasteiger partial charge < -0.3 is 9.47 Å². The number of carbonyl (C=O) groups excluding carboxylic acids is 2. The summed E-state index contributed by atoms with van der Waals surface area (Å²) in [5, 5.41) is 0. The summed E-state index contributed by atoms with van der Waals surface area (Å²) in [7, 11) is 0. The number of hydrogen-bond donors (Lipinski definition) is 0. The van der Waals surface area contributed by atoms with Gasteiger partial charge >= 0.3 is 11.9 Å². The summed E-state index contributed by atoms with van der Waals surface area (Å²) in [6, 6.07) is 0. The highest BCUT2D eigenvalue weighted by molar-refractivity contribution is 5.69. The van der Waals surface area contributed by atoms with Crippen LogP contribution in [0.15, 0.2) is 23.3 Å². The molecule has 5 atom stereocenters. The molecule has 0 aliphatic heterocycles. The number of hydrogen-bond acceptors (Lipinski definition) is 4. The summed E-state index contributed by atoms with van der Waals surface area (Å²) < 4.78 is 11.6. The first-order valence-corrected chi connectivity index (χ1v) is 18.8. The Labute approximate surface area is 271 Å². The minimum absolute atomic E-state index is 0.00439. The lowest BCUT2D eigenvalue weighted by Crippen LogP contribution is -2.51. The molecule has 252 valence electrons. The average Bonchev–Trinajstić information content (AvgIpc) is 2.98. The highest BCUT2D eigenvalue weighted by Gasteiger charge is 2.54. The number of unbranched alkanes of at least 4 members (excludes halogenated alkanes) is 10. The van der Waals surface area contributed by atoms with Crippen LogP contribution in [0, 0.1) is 28.6 Å². The Balaban J connectivity index is 1.28. The normalized spacial score (nSPS) is 27.2. The fraction of sp³-hybridized carbons (Fsp3) is 0.850. The highest BCUT2D eigenvalue weighted by atomic mass is 16.5. The lowest BCUT2D eigenvalue weighted by Gasteiger charge is -2.58. The van der Waals surface area contributed by atoms with Crippen molar-refractivity contribution in [2.75, 3.05) is 6.61 Å². The van der Waals surface area contributed by atoms with E-state index in [0.29, 0.717) is 36.2 Å². The second kappa shape index (κ2) is 18.5. The fourth-order valence-electron chi connectivity index (χ4n) is 8.96. The second-order valence-electron chi connectivity index (χ2n) is 15.6. The van der Waals surface area contributed by atoms with E-state index < -0.39 is 0 Å². The first-order valence-electron chi connectivity index (χ1n) is 18.8. The number of ether oxygens (including phenoxy) is 2. The summed E-state index contributed by atoms with van der Waals surface area (Å²) in [5.74, 6) is 1.77. The number of carbonyl (C=O) groups is 2. The van der Waals surface area contributed by atoms with Gasteiger partial charge in [0.1, 0.15) is 6.10 Å². The van der Waals surface area contributed by atoms with Crippen molar-refractivity contribution in [1.82, 2.24) is 0 Å². The molecule has 3 aliphatic carbocycles. The third-order valence-corrected chi connectivity index (χ3v) is 11.6. The zero-order chi connectivity index (χ0) is 32.0. The Morgan fingerprint density at radius 2 is 1.55 bits per heavy atom. The van der Waals surface area contributed by atoms with Gasteiger partial charge in [0.25, 0.3) is 0 Å². The van der Waals surface area contributed by atoms with Crippen molar-refractivity contribution in [3.05, 3.63) is 23.3 Å². The molecule has 44 heavy (non-hydrogen) atoms. The van der Waals surface area contributed by atoms with Crippen LogP contribution < -0.4 is 0 Å². The molecular formula is C40H68O4. The number of esters is 2. The van der Waals surface area contributed by atoms with Crippen molar-refractivity contribution < 1.29 is 19.1 Å². The molecule has 0 bridgehead atoms. The summed E-state index contributed by atoms with van der Waals surface area (Å²) in [6.45, 7) is 14.0. The minimum atomic E-state index is -0.141. The van der Waals surface area contributed by atoms with Crippen LogP contribution in [0.4, 0.5) is 0 Å². The van der Waals surface area contributed by atoms with E-state index in [4.69, 9.17) is 9.47 Å². The van der Waals surface area contributed by atoms with Gasteiger partial charge in [-0.1, -0.05) is 117 Å². The fourth-order valence-corrected chi connectivity index (χ4v) is 8.96. The minimum Gasteiger partial charge on any atom is -0.465 e. The van der Waals surface area contributed by atoms with Crippen molar-refractivity contribution in [3.8, 4) is 0 Å². The van der Waals surface area contributed by atoms with E-state index in [1.165, 1.54) is 90.4 Å². The van der Waals surface area contributed by atoms with E-state index in [9.17, 15) is 9.59 Å². The molecule has 0 saturated heterocycles. The summed E-state index contributed by atoms with van der Waals surface area (Å²) in [4.78, 5) is 24.2. The average molecular weight is 613 g/mol. The Hall–Kier alpha value is -1.58. The maximum atomic E-state index is 12.7. The highest BCUT2D eigenvalue weighted by Crippen LogP contribution is 2.62. The van der Waals surface area contributed by atoms with Crippen LogP contribution in [0.25, 0.3) is 0 Å². The van der Waals surface area contributed by atoms with Crippen LogP contribution in [0.1, 0.15) is 176 Å². The first kappa shape index (κ1) is 36.9. The molecule has 3 rings (SSSR count). The van der Waals surface area contributed by atoms with Gasteiger partial charge in [-0.2, -0.15) is 0 Å². The molecule has 4 nitrogen and oxygen atoms in total. The second-order valence-corrected chi connectivity index (χ2v) is 15.6. The summed E-state index contributed by atoms with van der Waals surface area (Å²) >= 11 is 0. The predicted octanol–water partition coefficient (Wildman–Crippen LogP) is 11.5. The maximum Gasteiger partial charge on any atom is 0.305 e. The zero-order valence-electron chi connectivity index (χ0n) is 29.7. The van der Waals surface area contributed by atoms with Crippen LogP contribution in [0.2, 0.25) is 0 Å². The summed E-state index contributed by atoms with van der Waals surface area (Å²) in [6.07, 6.45) is 29.4. The molecule has 1 fully saturated rings. The van der Waals surface area contributed by atoms with E-state index in [2.05, 4.69) is 46.8 Å². The van der Waals surface area contributed by atoms with Crippen LogP contribution >= 0.6 is 0 Å². The third kappa shape index (κ3) is 11.0. The van der Waals surface area contributed by atoms with Crippen molar-refractivity contribution in [1.29, 1.82) is 0 Å². The largest absolute Gasteiger partial charge is 0.465 e. The predicted molar refractivity (Wildman–Crippen MR) is 183 cm³/mol. The van der Waals surface area contributed by atoms with Crippen LogP contribution in [-0.4, -0.2) is 24.6 Å². The lowest BCUT2D eigenvalue weighted by molar-refractivity contribution is -0.154. The Bertz CT molecular complexity index is 947. The molecule has 0 aromatic carbocycles. The maximum absolute atomic E-state index is 12.7. The van der Waals surface area contributed by atoms with Gasteiger partial charge in [-0.3, -0.25) is 9.59 Å². The van der Waals surface area contributed by atoms with Gasteiger partial charge in [0.2, 0.25) is 0 Å². The van der Waals surface area contributed by atoms with Gasteiger partial charge in [0.05, 0.1) is 6.61 Å². The molecule has 0 aromatic heterocycles. The monoisotopic (exact) mass is 613 g/mol. The third-order valence-electron chi connectivity index (χ3n) is 11.6. The van der Waals surface area contributed by atoms with Crippen molar-refractivity contribution >= 4 is 11.9 Å². The molecule has 3 aliphatic rings. The van der Waals surface area contributed by atoms with Crippen LogP contribution in [-0.2, 0) is 19.1 Å². The molecule has 0 radical (unpaired) electrons. The van der Waals surface area contributed by atoms with E-state index >= 15 is 0 Å². The van der Waals surface area contributed by atoms with Gasteiger partial charge in [-0.15, -0.1) is 0 Å². The molecule has 0 N–H and O–H groups in total. The molecule has 0 aromatic rings. The van der Waals surface area contributed by atoms with Crippen molar-refractivity contribution in [3.63, 3.8) is 0 Å². The lowest BCUT2D eigenvalue weighted by atomic mass is 9.47. The standard InChI is InChI=1S/C40H68O4/c1-7-8-9-16-20-35(44-32(4)41)21-17-14-12-10-11-13-15-18-22-38(42)43-30-39(5)27-19-28-40(6)36-25-23-33(31(2)3)29-34(36)24-26-37(39)40/h24,29,31,35-37H,7-23,25-28,30H2,1-6H3/t35?,36-,37-,39-,40+/m0/s1. The number of rotatable bonds is 20. The van der Waals surface area contributed by atoms with E-state index in [0.717, 1.165) is 44.9 Å². The molecule has 1 unspecified atom stereocenters. The van der Waals surface area contributed by atoms with E-state index in [1.54, 1.807) is 11.1 Å². The zero-order valence-corrected chi connectivity index (χ0v) is 29.7. The Kier molecular flexibility index (Phi) is 15.5. The topological polar surface area (TPSA) is 52.6 Å². The van der Waals surface area contributed by atoms with E-state index in [-0.39, 0.29) is 23.5 Å². The number of fused-ring (bicyclic) bond motifs is 3. The van der Waals surface area contributed by atoms with Crippen molar-refractivity contribution in [2.45, 2.75) is 182 Å². The molecular weight excluding hydrogens is 544 g/mol. The first-order chi connectivity index (χ1) is 21.1. The quantitative estimate of drug-likeness (QED) is 0.101. The SMILES string of the molecule is CCCCCCC(CCCCCCCCCCC(=O)OC[C@]1(C)CCC[C@]2(C)[C@H]3CCC(C(C)C)=CC3=CC[C@@H]12)OC(C)=O. The molecule has 4 heteroatoms. The van der Waals surface area contributed by atoms with Crippen molar-refractivity contribution in [2.24, 2.45) is 28.6 Å². The van der Waals surface area contributed by atoms with E-state index in [1.807, 2.05) is 0 Å². The molecule has 0 heterocycles. The van der Waals surface area contributed by atoms with Gasteiger partial charge in [0.15, 0.2) is 0 Å². The van der Waals surface area contributed by atoms with Gasteiger partial charge in [-0.25, -0.2) is 0 Å². The van der Waals surface area contributed by atoms with Crippen LogP contribution in [0.3, 0.4) is 0 Å². The summed E-state index contributed by atoms with van der Waals surface area (Å²) in [5.41, 5.74) is 3.62. The Morgan fingerprint density at radius 3 is 2.18 bits per heavy atom. The number of allylic oxidation sites excluding steroid dienone is 4. The molecule has 0 amide bonds.